The molecule has 1 saturated carbocycles. The van der Waals surface area contributed by atoms with Gasteiger partial charge in [0.2, 0.25) is 11.8 Å². The van der Waals surface area contributed by atoms with Gasteiger partial charge in [0.1, 0.15) is 5.54 Å². The van der Waals surface area contributed by atoms with Crippen LogP contribution in [0.2, 0.25) is 0 Å². The van der Waals surface area contributed by atoms with Crippen molar-refractivity contribution in [2.45, 2.75) is 44.8 Å². The number of carbonyl (C=O) groups excluding carboxylic acids is 1. The Morgan fingerprint density at radius 2 is 2.26 bits per heavy atom. The van der Waals surface area contributed by atoms with E-state index in [9.17, 15) is 4.79 Å². The summed E-state index contributed by atoms with van der Waals surface area (Å²) in [7, 11) is 0. The molecule has 0 unspecified atom stereocenters. The Morgan fingerprint density at radius 1 is 1.47 bits per heavy atom. The summed E-state index contributed by atoms with van der Waals surface area (Å²) in [5.74, 6) is 0.554. The first-order valence-electron chi connectivity index (χ1n) is 6.69. The average Bonchev–Trinajstić information content (AvgIpc) is 3.09. The van der Waals surface area contributed by atoms with Crippen molar-refractivity contribution in [1.29, 1.82) is 0 Å². The summed E-state index contributed by atoms with van der Waals surface area (Å²) in [6.07, 6.45) is 2.45. The van der Waals surface area contributed by atoms with Gasteiger partial charge in [0.25, 0.3) is 0 Å². The highest BCUT2D eigenvalue weighted by molar-refractivity contribution is 5.89. The predicted octanol–water partition coefficient (Wildman–Crippen LogP) is 0.0364. The number of aromatic nitrogens is 2. The smallest absolute Gasteiger partial charge is 0.319 e. The number of nitrogens with zero attached hydrogens (tertiary/aromatic N) is 3. The lowest BCUT2D eigenvalue weighted by Crippen LogP contribution is -2.62. The summed E-state index contributed by atoms with van der Waals surface area (Å²) in [4.78, 5) is 13.7. The molecular formula is C12H19N5O2. The monoisotopic (exact) mass is 265 g/mol. The highest BCUT2D eigenvalue weighted by Crippen LogP contribution is 2.25. The second kappa shape index (κ2) is 4.48. The van der Waals surface area contributed by atoms with Crippen LogP contribution >= 0.6 is 0 Å². The molecule has 3 rings (SSSR count). The maximum absolute atomic E-state index is 11.9. The zero-order valence-corrected chi connectivity index (χ0v) is 11.3. The van der Waals surface area contributed by atoms with E-state index in [0.29, 0.717) is 37.6 Å². The Balaban J connectivity index is 1.71. The van der Waals surface area contributed by atoms with Crippen LogP contribution in [0.15, 0.2) is 4.42 Å². The van der Waals surface area contributed by atoms with E-state index in [1.165, 1.54) is 12.8 Å². The topological polar surface area (TPSA) is 83.3 Å². The molecular weight excluding hydrogens is 246 g/mol. The van der Waals surface area contributed by atoms with Gasteiger partial charge in [-0.25, -0.2) is 0 Å². The number of amides is 1. The van der Waals surface area contributed by atoms with Crippen molar-refractivity contribution in [3.8, 4) is 0 Å². The molecule has 7 nitrogen and oxygen atoms in total. The van der Waals surface area contributed by atoms with Crippen molar-refractivity contribution < 1.29 is 9.21 Å². The number of anilines is 1. The summed E-state index contributed by atoms with van der Waals surface area (Å²) >= 11 is 0. The Bertz CT molecular complexity index is 480. The Kier molecular flexibility index (Phi) is 2.93. The lowest BCUT2D eigenvalue weighted by atomic mass is 10.00. The molecule has 2 aliphatic rings. The third kappa shape index (κ3) is 2.42. The third-order valence-electron chi connectivity index (χ3n) is 3.66. The SMILES string of the molecule is CC1(C)C(=O)NCCN1c1nnc(CNC2CC2)o1. The second-order valence-corrected chi connectivity index (χ2v) is 5.60. The van der Waals surface area contributed by atoms with Crippen LogP contribution in [-0.2, 0) is 11.3 Å². The first-order valence-corrected chi connectivity index (χ1v) is 6.69. The molecule has 1 aliphatic carbocycles. The molecule has 1 saturated heterocycles. The number of carbonyl (C=O) groups is 1. The van der Waals surface area contributed by atoms with E-state index in [4.69, 9.17) is 4.42 Å². The maximum Gasteiger partial charge on any atom is 0.319 e. The summed E-state index contributed by atoms with van der Waals surface area (Å²) < 4.78 is 5.65. The number of hydrogen-bond acceptors (Lipinski definition) is 6. The predicted molar refractivity (Wildman–Crippen MR) is 68.6 cm³/mol. The summed E-state index contributed by atoms with van der Waals surface area (Å²) in [5, 5.41) is 14.3. The zero-order chi connectivity index (χ0) is 13.5. The molecule has 2 fully saturated rings. The van der Waals surface area contributed by atoms with Gasteiger partial charge in [-0.3, -0.25) is 4.79 Å². The van der Waals surface area contributed by atoms with Crippen LogP contribution in [0.1, 0.15) is 32.6 Å². The van der Waals surface area contributed by atoms with Crippen molar-refractivity contribution >= 4 is 11.9 Å². The van der Waals surface area contributed by atoms with Crippen LogP contribution in [0.25, 0.3) is 0 Å². The molecule has 2 heterocycles. The van der Waals surface area contributed by atoms with E-state index < -0.39 is 5.54 Å². The average molecular weight is 265 g/mol. The molecule has 0 aromatic carbocycles. The minimum atomic E-state index is -0.661. The normalized spacial score (nSPS) is 22.4. The first kappa shape index (κ1) is 12.4. The molecule has 104 valence electrons. The molecule has 1 aromatic heterocycles. The van der Waals surface area contributed by atoms with Crippen LogP contribution in [0.3, 0.4) is 0 Å². The van der Waals surface area contributed by atoms with Crippen molar-refractivity contribution in [3.05, 3.63) is 5.89 Å². The van der Waals surface area contributed by atoms with Gasteiger partial charge in [-0.2, -0.15) is 0 Å². The molecule has 1 aromatic rings. The van der Waals surface area contributed by atoms with Crippen molar-refractivity contribution in [3.63, 3.8) is 0 Å². The minimum Gasteiger partial charge on any atom is -0.407 e. The van der Waals surface area contributed by atoms with Crippen LogP contribution in [0, 0.1) is 0 Å². The van der Waals surface area contributed by atoms with E-state index in [2.05, 4.69) is 20.8 Å². The number of rotatable bonds is 4. The van der Waals surface area contributed by atoms with E-state index >= 15 is 0 Å². The third-order valence-corrected chi connectivity index (χ3v) is 3.66. The molecule has 1 amide bonds. The molecule has 0 atom stereocenters. The van der Waals surface area contributed by atoms with Crippen LogP contribution in [0.4, 0.5) is 6.01 Å². The standard InChI is InChI=1S/C12H19N5O2/c1-12(2)10(18)13-5-6-17(12)11-16-15-9(19-11)7-14-8-3-4-8/h8,14H,3-7H2,1-2H3,(H,13,18). The molecule has 0 bridgehead atoms. The number of piperazine rings is 1. The van der Waals surface area contributed by atoms with Gasteiger partial charge in [-0.1, -0.05) is 5.10 Å². The lowest BCUT2D eigenvalue weighted by molar-refractivity contribution is -0.126. The molecule has 7 heteroatoms. The fourth-order valence-electron chi connectivity index (χ4n) is 2.18. The number of nitrogens with one attached hydrogen (secondary N) is 2. The fraction of sp³-hybridized carbons (Fsp3) is 0.750. The van der Waals surface area contributed by atoms with Crippen LogP contribution < -0.4 is 15.5 Å². The largest absolute Gasteiger partial charge is 0.407 e. The van der Waals surface area contributed by atoms with Crippen LogP contribution in [-0.4, -0.2) is 40.8 Å². The highest BCUT2D eigenvalue weighted by atomic mass is 16.4. The van der Waals surface area contributed by atoms with Gasteiger partial charge < -0.3 is 20.0 Å². The van der Waals surface area contributed by atoms with E-state index in [1.807, 2.05) is 18.7 Å². The number of hydrogen-bond donors (Lipinski definition) is 2. The van der Waals surface area contributed by atoms with Gasteiger partial charge in [-0.15, -0.1) is 5.10 Å². The Morgan fingerprint density at radius 3 is 3.00 bits per heavy atom. The van der Waals surface area contributed by atoms with Crippen molar-refractivity contribution in [2.75, 3.05) is 18.0 Å². The van der Waals surface area contributed by atoms with Gasteiger partial charge in [0.15, 0.2) is 0 Å². The zero-order valence-electron chi connectivity index (χ0n) is 11.3. The Labute approximate surface area is 111 Å². The van der Waals surface area contributed by atoms with Gasteiger partial charge in [0, 0.05) is 19.1 Å². The summed E-state index contributed by atoms with van der Waals surface area (Å²) in [6.45, 7) is 5.58. The fourth-order valence-corrected chi connectivity index (χ4v) is 2.18. The summed E-state index contributed by atoms with van der Waals surface area (Å²) in [6, 6.07) is 1.03. The molecule has 19 heavy (non-hydrogen) atoms. The summed E-state index contributed by atoms with van der Waals surface area (Å²) in [5.41, 5.74) is -0.661. The van der Waals surface area contributed by atoms with Gasteiger partial charge in [-0.05, 0) is 26.7 Å². The van der Waals surface area contributed by atoms with E-state index in [1.54, 1.807) is 0 Å². The van der Waals surface area contributed by atoms with Crippen molar-refractivity contribution in [1.82, 2.24) is 20.8 Å². The Hall–Kier alpha value is -1.63. The maximum atomic E-state index is 11.9. The van der Waals surface area contributed by atoms with Crippen LogP contribution in [0.5, 0.6) is 0 Å². The van der Waals surface area contributed by atoms with E-state index in [0.717, 1.165) is 0 Å². The minimum absolute atomic E-state index is 0.0189. The van der Waals surface area contributed by atoms with Gasteiger partial charge >= 0.3 is 6.01 Å². The van der Waals surface area contributed by atoms with Gasteiger partial charge in [0.05, 0.1) is 6.54 Å². The second-order valence-electron chi connectivity index (χ2n) is 5.60. The van der Waals surface area contributed by atoms with Crippen molar-refractivity contribution in [2.24, 2.45) is 0 Å². The first-order chi connectivity index (χ1) is 9.07. The highest BCUT2D eigenvalue weighted by Gasteiger charge is 2.40. The lowest BCUT2D eigenvalue weighted by Gasteiger charge is -2.39. The quantitative estimate of drug-likeness (QED) is 0.799. The molecule has 1 aliphatic heterocycles. The molecule has 0 spiro atoms. The van der Waals surface area contributed by atoms with E-state index in [-0.39, 0.29) is 5.91 Å². The molecule has 0 radical (unpaired) electrons. The molecule has 2 N–H and O–H groups in total.